The SMILES string of the molecule is C[C@@H](CF)N1C=C([C@@H](Nc2cc(Cl)c3ncc(C#N)c(NCC(C)(C)C)c3c2)c2cccc3c(=O)n(C)ccc23)NN1. The van der Waals surface area contributed by atoms with Gasteiger partial charge in [-0.25, -0.2) is 4.39 Å². The van der Waals surface area contributed by atoms with Crippen LogP contribution in [0.15, 0.2) is 65.5 Å². The Morgan fingerprint density at radius 2 is 1.98 bits per heavy atom. The number of hydrogen-bond donors (Lipinski definition) is 4. The molecule has 2 aromatic heterocycles. The topological polar surface area (TPSA) is 110 Å². The first-order chi connectivity index (χ1) is 20.0. The van der Waals surface area contributed by atoms with Gasteiger partial charge in [0.05, 0.1) is 39.6 Å². The highest BCUT2D eigenvalue weighted by Crippen LogP contribution is 2.37. The molecule has 0 radical (unpaired) electrons. The van der Waals surface area contributed by atoms with Crippen LogP contribution in [0.4, 0.5) is 15.8 Å². The molecule has 0 fully saturated rings. The summed E-state index contributed by atoms with van der Waals surface area (Å²) in [4.78, 5) is 17.5. The fourth-order valence-electron chi connectivity index (χ4n) is 4.91. The van der Waals surface area contributed by atoms with Gasteiger partial charge >= 0.3 is 0 Å². The minimum Gasteiger partial charge on any atom is -0.383 e. The number of anilines is 2. The van der Waals surface area contributed by atoms with Crippen LogP contribution >= 0.6 is 11.6 Å². The van der Waals surface area contributed by atoms with Crippen LogP contribution in [0.25, 0.3) is 21.7 Å². The minimum atomic E-state index is -0.542. The summed E-state index contributed by atoms with van der Waals surface area (Å²) < 4.78 is 15.1. The maximum atomic E-state index is 13.5. The van der Waals surface area contributed by atoms with E-state index in [0.29, 0.717) is 44.8 Å². The first-order valence-electron chi connectivity index (χ1n) is 13.7. The third kappa shape index (κ3) is 5.71. The fourth-order valence-corrected chi connectivity index (χ4v) is 5.18. The molecule has 218 valence electrons. The molecule has 0 saturated carbocycles. The molecule has 0 unspecified atom stereocenters. The van der Waals surface area contributed by atoms with Gasteiger partial charge in [0, 0.05) is 48.6 Å². The number of nitriles is 1. The minimum absolute atomic E-state index is 0.0330. The molecule has 1 aliphatic heterocycles. The number of aryl methyl sites for hydroxylation is 1. The summed E-state index contributed by atoms with van der Waals surface area (Å²) in [5.41, 5.74) is 9.94. The lowest BCUT2D eigenvalue weighted by Gasteiger charge is -2.24. The van der Waals surface area contributed by atoms with Gasteiger partial charge in [-0.05, 0) is 47.6 Å². The third-order valence-corrected chi connectivity index (χ3v) is 7.52. The van der Waals surface area contributed by atoms with Crippen molar-refractivity contribution in [2.45, 2.75) is 39.8 Å². The van der Waals surface area contributed by atoms with Crippen molar-refractivity contribution >= 4 is 44.7 Å². The molecular weight excluding hydrogens is 555 g/mol. The highest BCUT2D eigenvalue weighted by Gasteiger charge is 2.27. The molecular formula is C31H34ClFN8O. The Kier molecular flexibility index (Phi) is 7.99. The molecule has 2 atom stereocenters. The Morgan fingerprint density at radius 1 is 1.19 bits per heavy atom. The largest absolute Gasteiger partial charge is 0.383 e. The van der Waals surface area contributed by atoms with Gasteiger partial charge in [-0.15, -0.1) is 5.53 Å². The van der Waals surface area contributed by atoms with E-state index in [4.69, 9.17) is 11.6 Å². The van der Waals surface area contributed by atoms with Crippen LogP contribution in [0.1, 0.15) is 44.9 Å². The average molecular weight is 589 g/mol. The Hall–Kier alpha value is -4.33. The Labute approximate surface area is 248 Å². The first-order valence-corrected chi connectivity index (χ1v) is 14.1. The van der Waals surface area contributed by atoms with Crippen molar-refractivity contribution < 1.29 is 4.39 Å². The van der Waals surface area contributed by atoms with E-state index in [1.165, 1.54) is 6.20 Å². The van der Waals surface area contributed by atoms with Gasteiger partial charge in [0.25, 0.3) is 5.56 Å². The smallest absolute Gasteiger partial charge is 0.258 e. The number of fused-ring (bicyclic) bond motifs is 2. The second kappa shape index (κ2) is 11.5. The van der Waals surface area contributed by atoms with E-state index >= 15 is 0 Å². The summed E-state index contributed by atoms with van der Waals surface area (Å²) >= 11 is 6.78. The summed E-state index contributed by atoms with van der Waals surface area (Å²) in [7, 11) is 1.72. The van der Waals surface area contributed by atoms with Gasteiger partial charge in [-0.2, -0.15) is 5.26 Å². The number of hydrogen-bond acceptors (Lipinski definition) is 8. The van der Waals surface area contributed by atoms with Gasteiger partial charge in [0.15, 0.2) is 0 Å². The highest BCUT2D eigenvalue weighted by atomic mass is 35.5. The quantitative estimate of drug-likeness (QED) is 0.206. The van der Waals surface area contributed by atoms with Crippen molar-refractivity contribution in [2.24, 2.45) is 12.5 Å². The number of hydrazine groups is 2. The number of alkyl halides is 1. The number of aromatic nitrogens is 2. The van der Waals surface area contributed by atoms with E-state index in [1.807, 2.05) is 30.5 Å². The zero-order chi connectivity index (χ0) is 30.2. The van der Waals surface area contributed by atoms with Crippen LogP contribution in [0.5, 0.6) is 0 Å². The Bertz CT molecular complexity index is 1790. The fraction of sp³-hybridized carbons (Fsp3) is 0.323. The maximum Gasteiger partial charge on any atom is 0.258 e. The first kappa shape index (κ1) is 29.2. The Morgan fingerprint density at radius 3 is 2.69 bits per heavy atom. The summed E-state index contributed by atoms with van der Waals surface area (Å²) in [6.07, 6.45) is 5.09. The van der Waals surface area contributed by atoms with Crippen molar-refractivity contribution in [3.05, 3.63) is 87.2 Å². The van der Waals surface area contributed by atoms with E-state index in [9.17, 15) is 14.4 Å². The molecule has 0 spiro atoms. The molecule has 4 N–H and O–H groups in total. The van der Waals surface area contributed by atoms with Crippen LogP contribution in [0.2, 0.25) is 5.02 Å². The lowest BCUT2D eigenvalue weighted by molar-refractivity contribution is 0.178. The number of rotatable bonds is 8. The maximum absolute atomic E-state index is 13.5. The van der Waals surface area contributed by atoms with Crippen LogP contribution in [-0.4, -0.2) is 33.8 Å². The van der Waals surface area contributed by atoms with Crippen LogP contribution < -0.4 is 27.2 Å². The summed E-state index contributed by atoms with van der Waals surface area (Å²) in [5.74, 6) is 0. The molecule has 9 nitrogen and oxygen atoms in total. The summed E-state index contributed by atoms with van der Waals surface area (Å²) in [5, 5.41) is 21.0. The van der Waals surface area contributed by atoms with Crippen molar-refractivity contribution in [2.75, 3.05) is 23.9 Å². The van der Waals surface area contributed by atoms with E-state index in [-0.39, 0.29) is 11.0 Å². The van der Waals surface area contributed by atoms with Gasteiger partial charge in [0.2, 0.25) is 0 Å². The van der Waals surface area contributed by atoms with E-state index in [2.05, 4.69) is 53.4 Å². The molecule has 42 heavy (non-hydrogen) atoms. The number of pyridine rings is 2. The predicted molar refractivity (Wildman–Crippen MR) is 167 cm³/mol. The summed E-state index contributed by atoms with van der Waals surface area (Å²) in [6.45, 7) is 8.20. The van der Waals surface area contributed by atoms with Crippen molar-refractivity contribution in [1.29, 1.82) is 5.26 Å². The molecule has 11 heteroatoms. The zero-order valence-electron chi connectivity index (χ0n) is 24.2. The lowest BCUT2D eigenvalue weighted by Crippen LogP contribution is -2.43. The van der Waals surface area contributed by atoms with Crippen LogP contribution in [0.3, 0.4) is 0 Å². The van der Waals surface area contributed by atoms with Crippen LogP contribution in [0, 0.1) is 16.7 Å². The van der Waals surface area contributed by atoms with Gasteiger partial charge < -0.3 is 20.6 Å². The second-order valence-corrected chi connectivity index (χ2v) is 12.2. The number of benzene rings is 2. The van der Waals surface area contributed by atoms with Gasteiger partial charge in [0.1, 0.15) is 12.7 Å². The lowest BCUT2D eigenvalue weighted by atomic mass is 9.96. The molecule has 5 rings (SSSR count). The molecule has 0 amide bonds. The Balaban J connectivity index is 1.66. The van der Waals surface area contributed by atoms with Gasteiger partial charge in [-0.3, -0.25) is 14.8 Å². The molecule has 0 aliphatic carbocycles. The van der Waals surface area contributed by atoms with Crippen molar-refractivity contribution in [3.8, 4) is 6.07 Å². The second-order valence-electron chi connectivity index (χ2n) is 11.8. The molecule has 0 bridgehead atoms. The molecule has 2 aromatic carbocycles. The normalized spacial score (nSPS) is 14.8. The van der Waals surface area contributed by atoms with E-state index < -0.39 is 18.8 Å². The zero-order valence-corrected chi connectivity index (χ0v) is 25.0. The predicted octanol–water partition coefficient (Wildman–Crippen LogP) is 5.75. The summed E-state index contributed by atoms with van der Waals surface area (Å²) in [6, 6.07) is 12.6. The number of nitrogens with one attached hydrogen (secondary N) is 4. The highest BCUT2D eigenvalue weighted by molar-refractivity contribution is 6.35. The molecule has 4 aromatic rings. The van der Waals surface area contributed by atoms with Crippen LogP contribution in [-0.2, 0) is 7.05 Å². The average Bonchev–Trinajstić information content (AvgIpc) is 3.45. The van der Waals surface area contributed by atoms with Gasteiger partial charge in [-0.1, -0.05) is 44.5 Å². The third-order valence-electron chi connectivity index (χ3n) is 7.23. The van der Waals surface area contributed by atoms with Crippen molar-refractivity contribution in [1.82, 2.24) is 25.5 Å². The number of nitrogens with zero attached hydrogens (tertiary/aromatic N) is 4. The molecule has 3 heterocycles. The molecule has 1 aliphatic rings. The standard InChI is InChI=1S/C31H34ClFN8O/c1-18(13-33)41-16-26(38-39-41)29(22-7-6-8-23-21(22)9-10-40(5)30(23)42)37-20-11-24-27(36-17-31(2,3)4)19(14-34)15-35-28(24)25(32)12-20/h6-12,15-16,18,29,37-39H,13,17H2,1-5H3,(H,35,36)/t18-,29-/m0/s1. The van der Waals surface area contributed by atoms with E-state index in [1.54, 1.807) is 41.9 Å². The molecule has 0 saturated heterocycles. The van der Waals surface area contributed by atoms with Crippen molar-refractivity contribution in [3.63, 3.8) is 0 Å². The monoisotopic (exact) mass is 588 g/mol. The number of halogens is 2. The van der Waals surface area contributed by atoms with E-state index in [0.717, 1.165) is 16.6 Å².